The topological polar surface area (TPSA) is 266 Å². The van der Waals surface area contributed by atoms with Crippen LogP contribution in [0.5, 0.6) is 11.5 Å². The molecule has 18 nitrogen and oxygen atoms in total. The van der Waals surface area contributed by atoms with Crippen molar-refractivity contribution in [3.8, 4) is 11.5 Å². The molecule has 0 spiro atoms. The summed E-state index contributed by atoms with van der Waals surface area (Å²) in [5, 5.41) is 23.5. The van der Waals surface area contributed by atoms with Gasteiger partial charge in [0.25, 0.3) is 0 Å². The van der Waals surface area contributed by atoms with Gasteiger partial charge in [0.1, 0.15) is 18.3 Å². The molecule has 2 aliphatic rings. The van der Waals surface area contributed by atoms with Crippen LogP contribution >= 0.6 is 23.5 Å². The number of rotatable bonds is 8. The zero-order chi connectivity index (χ0) is 26.5. The average Bonchev–Trinajstić information content (AvgIpc) is 3.02. The van der Waals surface area contributed by atoms with Gasteiger partial charge in [-0.3, -0.25) is 9.09 Å². The summed E-state index contributed by atoms with van der Waals surface area (Å²) in [6.07, 6.45) is -5.58. The molecule has 2 aliphatic heterocycles. The maximum absolute atomic E-state index is 12.5. The van der Waals surface area contributed by atoms with Gasteiger partial charge in [-0.15, -0.1) is 0 Å². The molecule has 0 amide bonds. The van der Waals surface area contributed by atoms with Crippen molar-refractivity contribution < 1.29 is 66.1 Å². The number of nitrogens with one attached hydrogen (secondary N) is 1. The van der Waals surface area contributed by atoms with Gasteiger partial charge in [-0.1, -0.05) is 12.1 Å². The molecule has 3 heterocycles. The van der Waals surface area contributed by atoms with Crippen LogP contribution < -0.4 is 15.7 Å². The maximum atomic E-state index is 12.5. The molecule has 0 saturated carbocycles. The van der Waals surface area contributed by atoms with E-state index >= 15 is 0 Å². The van der Waals surface area contributed by atoms with Gasteiger partial charge >= 0.3 is 29.2 Å². The van der Waals surface area contributed by atoms with Crippen molar-refractivity contribution in [3.05, 3.63) is 40.9 Å². The smallest absolute Gasteiger partial charge is 0.450 e. The number of phosphoric ester groups is 1. The number of nitrogens with zero attached hydrogens (tertiary/aromatic N) is 2. The first-order valence-electron chi connectivity index (χ1n) is 9.61. The van der Waals surface area contributed by atoms with Crippen LogP contribution in [0.4, 0.5) is 11.5 Å². The van der Waals surface area contributed by atoms with E-state index in [1.807, 2.05) is 0 Å². The molecule has 0 radical (unpaired) electrons. The molecule has 1 aromatic carbocycles. The highest BCUT2D eigenvalue weighted by atomic mass is 31.3. The largest absolute Gasteiger partial charge is 0.490 e. The average molecular weight is 573 g/mol. The van der Waals surface area contributed by atoms with Crippen LogP contribution in [0, 0.1) is 0 Å². The first-order valence-corrected chi connectivity index (χ1v) is 14.1. The fourth-order valence-electron chi connectivity index (χ4n) is 3.27. The Labute approximate surface area is 200 Å². The lowest BCUT2D eigenvalue weighted by molar-refractivity contribution is -0.0543. The Morgan fingerprint density at radius 3 is 2.39 bits per heavy atom. The highest BCUT2D eigenvalue weighted by Crippen LogP contribution is 2.66. The van der Waals surface area contributed by atoms with E-state index in [2.05, 4.69) is 23.4 Å². The van der Waals surface area contributed by atoms with Crippen LogP contribution in [-0.4, -0.2) is 64.3 Å². The summed E-state index contributed by atoms with van der Waals surface area (Å²) in [7, 11) is -16.8. The summed E-state index contributed by atoms with van der Waals surface area (Å²) in [6.45, 7) is -1.04. The summed E-state index contributed by atoms with van der Waals surface area (Å²) in [5.41, 5.74) is -0.372. The van der Waals surface area contributed by atoms with Gasteiger partial charge < -0.3 is 44.6 Å². The molecule has 4 rings (SSSR count). The molecular weight excluding hydrogens is 555 g/mol. The third-order valence-corrected chi connectivity index (χ3v) is 8.51. The van der Waals surface area contributed by atoms with Crippen molar-refractivity contribution in [2.24, 2.45) is 0 Å². The second-order valence-electron chi connectivity index (χ2n) is 7.30. The first-order chi connectivity index (χ1) is 16.6. The molecule has 21 heteroatoms. The number of hydrogen-bond donors (Lipinski definition) is 7. The molecule has 6 unspecified atom stereocenters. The summed E-state index contributed by atoms with van der Waals surface area (Å²) in [6, 6.07) is 6.77. The van der Waals surface area contributed by atoms with Crippen molar-refractivity contribution in [2.45, 2.75) is 24.5 Å². The number of fused-ring (bicyclic) bond motifs is 2. The highest BCUT2D eigenvalue weighted by Gasteiger charge is 2.47. The minimum atomic E-state index is -5.75. The van der Waals surface area contributed by atoms with E-state index in [-0.39, 0.29) is 11.6 Å². The lowest BCUT2D eigenvalue weighted by Gasteiger charge is -2.23. The molecular formula is C15H18N3O15P3. The molecule has 2 aromatic rings. The number of aliphatic hydroxyl groups is 2. The van der Waals surface area contributed by atoms with Gasteiger partial charge in [-0.05, 0) is 12.1 Å². The SMILES string of the molecule is O=c1nc2c(cn1C1OC(COP(=O)(O)OP(=O)(O)OP(=O)(O)O)C(O)C1O)Oc1ccccc1N2. The van der Waals surface area contributed by atoms with Crippen molar-refractivity contribution in [3.63, 3.8) is 0 Å². The number of ether oxygens (including phenoxy) is 2. The molecule has 198 valence electrons. The Balaban J connectivity index is 1.46. The van der Waals surface area contributed by atoms with Crippen LogP contribution in [0.1, 0.15) is 6.23 Å². The van der Waals surface area contributed by atoms with E-state index in [1.54, 1.807) is 24.3 Å². The Bertz CT molecular complexity index is 1360. The maximum Gasteiger partial charge on any atom is 0.490 e. The summed E-state index contributed by atoms with van der Waals surface area (Å²) < 4.78 is 57.4. The predicted molar refractivity (Wildman–Crippen MR) is 114 cm³/mol. The minimum absolute atomic E-state index is 0.0761. The van der Waals surface area contributed by atoms with Crippen LogP contribution in [0.25, 0.3) is 0 Å². The number of benzene rings is 1. The van der Waals surface area contributed by atoms with Gasteiger partial charge in [-0.2, -0.15) is 13.6 Å². The van der Waals surface area contributed by atoms with Crippen LogP contribution in [0.15, 0.2) is 35.3 Å². The lowest BCUT2D eigenvalue weighted by atomic mass is 10.1. The Morgan fingerprint density at radius 1 is 1.00 bits per heavy atom. The van der Waals surface area contributed by atoms with Crippen molar-refractivity contribution in [1.29, 1.82) is 0 Å². The lowest BCUT2D eigenvalue weighted by Crippen LogP contribution is -2.36. The van der Waals surface area contributed by atoms with Crippen LogP contribution in [-0.2, 0) is 31.6 Å². The fourth-order valence-corrected chi connectivity index (χ4v) is 6.30. The van der Waals surface area contributed by atoms with Gasteiger partial charge in [0.15, 0.2) is 23.5 Å². The van der Waals surface area contributed by atoms with E-state index in [0.29, 0.717) is 11.4 Å². The van der Waals surface area contributed by atoms with E-state index < -0.39 is 60.3 Å². The third-order valence-electron chi connectivity index (χ3n) is 4.71. The molecule has 0 aliphatic carbocycles. The van der Waals surface area contributed by atoms with Crippen LogP contribution in [0.3, 0.4) is 0 Å². The second kappa shape index (κ2) is 9.70. The Hall–Kier alpha value is -2.01. The second-order valence-corrected chi connectivity index (χ2v) is 11.7. The van der Waals surface area contributed by atoms with Gasteiger partial charge in [0.05, 0.1) is 18.5 Å². The zero-order valence-electron chi connectivity index (χ0n) is 17.5. The predicted octanol–water partition coefficient (Wildman–Crippen LogP) is 0.0551. The van der Waals surface area contributed by atoms with Crippen molar-refractivity contribution in [2.75, 3.05) is 11.9 Å². The highest BCUT2D eigenvalue weighted by molar-refractivity contribution is 7.66. The van der Waals surface area contributed by atoms with E-state index in [4.69, 9.17) is 19.3 Å². The van der Waals surface area contributed by atoms with Crippen molar-refractivity contribution >= 4 is 35.0 Å². The molecule has 1 saturated heterocycles. The number of aliphatic hydroxyl groups excluding tert-OH is 2. The van der Waals surface area contributed by atoms with Crippen molar-refractivity contribution in [1.82, 2.24) is 9.55 Å². The third kappa shape index (κ3) is 6.10. The minimum Gasteiger partial charge on any atom is -0.450 e. The van der Waals surface area contributed by atoms with Gasteiger partial charge in [0, 0.05) is 0 Å². The Kier molecular flexibility index (Phi) is 7.29. The van der Waals surface area contributed by atoms with E-state index in [0.717, 1.165) is 10.8 Å². The summed E-state index contributed by atoms with van der Waals surface area (Å²) in [5.74, 6) is 0.571. The number of hydrogen-bond acceptors (Lipinski definition) is 13. The first kappa shape index (κ1) is 27.0. The quantitative estimate of drug-likeness (QED) is 0.176. The normalized spacial score (nSPS) is 26.6. The number of aromatic nitrogens is 2. The Morgan fingerprint density at radius 2 is 1.69 bits per heavy atom. The summed E-state index contributed by atoms with van der Waals surface area (Å²) >= 11 is 0. The standard InChI is InChI=1S/C15H18N3O15P3/c19-11-10(6-29-35(25,26)33-36(27,28)32-34(22,23)24)31-14(12(11)20)18-5-9-13(17-15(18)21)16-7-3-1-2-4-8(7)30-9/h1-5,10-12,14,19-20H,6H2,(H,25,26)(H,27,28)(H,16,17,21)(H2,22,23,24). The number of para-hydroxylation sites is 2. The van der Waals surface area contributed by atoms with Crippen LogP contribution in [0.2, 0.25) is 0 Å². The zero-order valence-corrected chi connectivity index (χ0v) is 20.2. The fraction of sp³-hybridized carbons (Fsp3) is 0.333. The number of anilines is 2. The molecule has 36 heavy (non-hydrogen) atoms. The molecule has 0 bridgehead atoms. The van der Waals surface area contributed by atoms with E-state index in [1.165, 1.54) is 0 Å². The molecule has 6 atom stereocenters. The monoisotopic (exact) mass is 573 g/mol. The summed E-state index contributed by atoms with van der Waals surface area (Å²) in [4.78, 5) is 52.2. The van der Waals surface area contributed by atoms with E-state index in [9.17, 15) is 38.5 Å². The number of phosphoric acid groups is 3. The molecule has 1 fully saturated rings. The van der Waals surface area contributed by atoms with Gasteiger partial charge in [-0.25, -0.2) is 18.5 Å². The van der Waals surface area contributed by atoms with Gasteiger partial charge in [0.2, 0.25) is 0 Å². The molecule has 1 aromatic heterocycles. The molecule has 7 N–H and O–H groups in total.